The standard InChI is InChI=1S/C11H22N4O3/c1-13(2)4-3-12-10(16)9-14-5-7-15(8-6-14)11(17)18/h3-9H2,1-2H3,(H,12,16)(H,17,18). The maximum Gasteiger partial charge on any atom is 0.407 e. The van der Waals surface area contributed by atoms with Crippen LogP contribution < -0.4 is 5.32 Å². The maximum atomic E-state index is 11.6. The highest BCUT2D eigenvalue weighted by molar-refractivity contribution is 5.78. The fourth-order valence-electron chi connectivity index (χ4n) is 1.78. The van der Waals surface area contributed by atoms with Gasteiger partial charge in [-0.3, -0.25) is 9.69 Å². The van der Waals surface area contributed by atoms with Gasteiger partial charge in [0.2, 0.25) is 5.91 Å². The third kappa shape index (κ3) is 5.33. The van der Waals surface area contributed by atoms with Crippen LogP contribution in [-0.2, 0) is 4.79 Å². The van der Waals surface area contributed by atoms with Gasteiger partial charge in [0.05, 0.1) is 6.54 Å². The summed E-state index contributed by atoms with van der Waals surface area (Å²) >= 11 is 0. The molecule has 2 N–H and O–H groups in total. The smallest absolute Gasteiger partial charge is 0.407 e. The highest BCUT2D eigenvalue weighted by Gasteiger charge is 2.21. The van der Waals surface area contributed by atoms with E-state index in [-0.39, 0.29) is 5.91 Å². The van der Waals surface area contributed by atoms with Crippen LogP contribution in [-0.4, -0.2) is 91.7 Å². The first kappa shape index (κ1) is 14.7. The second-order valence-electron chi connectivity index (χ2n) is 4.70. The van der Waals surface area contributed by atoms with Gasteiger partial charge in [-0.2, -0.15) is 0 Å². The van der Waals surface area contributed by atoms with Crippen LogP contribution in [0.3, 0.4) is 0 Å². The molecule has 0 atom stereocenters. The van der Waals surface area contributed by atoms with Crippen LogP contribution in [0.5, 0.6) is 0 Å². The first-order chi connectivity index (χ1) is 8.49. The van der Waals surface area contributed by atoms with Crippen LogP contribution in [0.15, 0.2) is 0 Å². The van der Waals surface area contributed by atoms with E-state index in [0.29, 0.717) is 39.3 Å². The van der Waals surface area contributed by atoms with Crippen LogP contribution in [0.1, 0.15) is 0 Å². The van der Waals surface area contributed by atoms with Crippen LogP contribution >= 0.6 is 0 Å². The molecule has 0 saturated carbocycles. The molecule has 2 amide bonds. The minimum Gasteiger partial charge on any atom is -0.465 e. The van der Waals surface area contributed by atoms with Crippen molar-refractivity contribution in [2.24, 2.45) is 0 Å². The van der Waals surface area contributed by atoms with Gasteiger partial charge < -0.3 is 20.2 Å². The number of nitrogens with one attached hydrogen (secondary N) is 1. The number of hydrogen-bond acceptors (Lipinski definition) is 4. The SMILES string of the molecule is CN(C)CCNC(=O)CN1CCN(C(=O)O)CC1. The molecular weight excluding hydrogens is 236 g/mol. The largest absolute Gasteiger partial charge is 0.465 e. The molecule has 1 aliphatic heterocycles. The lowest BCUT2D eigenvalue weighted by Gasteiger charge is -2.32. The number of likely N-dealkylation sites (N-methyl/N-ethyl adjacent to an activating group) is 1. The minimum absolute atomic E-state index is 0.000579. The minimum atomic E-state index is -0.884. The number of piperazine rings is 1. The second-order valence-corrected chi connectivity index (χ2v) is 4.70. The van der Waals surface area contributed by atoms with E-state index in [4.69, 9.17) is 5.11 Å². The first-order valence-electron chi connectivity index (χ1n) is 6.10. The van der Waals surface area contributed by atoms with Crippen molar-refractivity contribution >= 4 is 12.0 Å². The number of hydrogen-bond donors (Lipinski definition) is 2. The summed E-state index contributed by atoms with van der Waals surface area (Å²) in [4.78, 5) is 27.7. The fourth-order valence-corrected chi connectivity index (χ4v) is 1.78. The Hall–Kier alpha value is -1.34. The molecule has 0 aliphatic carbocycles. The molecule has 0 unspecified atom stereocenters. The molecular formula is C11H22N4O3. The van der Waals surface area contributed by atoms with Gasteiger partial charge in [0.15, 0.2) is 0 Å². The van der Waals surface area contributed by atoms with Crippen LogP contribution in [0, 0.1) is 0 Å². The molecule has 104 valence electrons. The topological polar surface area (TPSA) is 76.1 Å². The molecule has 1 heterocycles. The quantitative estimate of drug-likeness (QED) is 0.659. The van der Waals surface area contributed by atoms with Crippen molar-refractivity contribution < 1.29 is 14.7 Å². The van der Waals surface area contributed by atoms with E-state index >= 15 is 0 Å². The number of nitrogens with zero attached hydrogens (tertiary/aromatic N) is 3. The summed E-state index contributed by atoms with van der Waals surface area (Å²) in [6.07, 6.45) is -0.884. The number of carboxylic acid groups (broad SMARTS) is 1. The van der Waals surface area contributed by atoms with Crippen molar-refractivity contribution in [1.29, 1.82) is 0 Å². The van der Waals surface area contributed by atoms with E-state index in [1.165, 1.54) is 4.90 Å². The first-order valence-corrected chi connectivity index (χ1v) is 6.10. The zero-order valence-electron chi connectivity index (χ0n) is 11.1. The molecule has 7 heteroatoms. The van der Waals surface area contributed by atoms with Crippen molar-refractivity contribution in [1.82, 2.24) is 20.0 Å². The number of carbonyl (C=O) groups excluding carboxylic acids is 1. The summed E-state index contributed by atoms with van der Waals surface area (Å²) in [5.41, 5.74) is 0. The zero-order chi connectivity index (χ0) is 13.5. The molecule has 0 bridgehead atoms. The molecule has 0 aromatic rings. The lowest BCUT2D eigenvalue weighted by atomic mass is 10.3. The predicted molar refractivity (Wildman–Crippen MR) is 67.6 cm³/mol. The molecule has 0 radical (unpaired) electrons. The van der Waals surface area contributed by atoms with Crippen molar-refractivity contribution in [3.05, 3.63) is 0 Å². The Balaban J connectivity index is 2.16. The van der Waals surface area contributed by atoms with Gasteiger partial charge in [-0.15, -0.1) is 0 Å². The molecule has 0 aromatic heterocycles. The average molecular weight is 258 g/mol. The van der Waals surface area contributed by atoms with Crippen LogP contribution in [0.2, 0.25) is 0 Å². The molecule has 0 aromatic carbocycles. The van der Waals surface area contributed by atoms with Crippen LogP contribution in [0.4, 0.5) is 4.79 Å². The van der Waals surface area contributed by atoms with E-state index in [1.807, 2.05) is 23.9 Å². The Morgan fingerprint density at radius 3 is 2.33 bits per heavy atom. The van der Waals surface area contributed by atoms with Crippen molar-refractivity contribution in [2.75, 3.05) is 59.9 Å². The normalized spacial score (nSPS) is 16.9. The third-order valence-corrected chi connectivity index (χ3v) is 2.89. The number of amides is 2. The summed E-state index contributed by atoms with van der Waals surface area (Å²) in [6.45, 7) is 3.99. The lowest BCUT2D eigenvalue weighted by Crippen LogP contribution is -2.51. The Kier molecular flexibility index (Phi) is 5.87. The summed E-state index contributed by atoms with van der Waals surface area (Å²) in [5, 5.41) is 11.6. The zero-order valence-corrected chi connectivity index (χ0v) is 11.1. The summed E-state index contributed by atoms with van der Waals surface area (Å²) in [6, 6.07) is 0. The van der Waals surface area contributed by atoms with Crippen molar-refractivity contribution in [3.8, 4) is 0 Å². The molecule has 7 nitrogen and oxygen atoms in total. The van der Waals surface area contributed by atoms with Crippen LogP contribution in [0.25, 0.3) is 0 Å². The Morgan fingerprint density at radius 2 is 1.83 bits per heavy atom. The van der Waals surface area contributed by atoms with Crippen molar-refractivity contribution in [3.63, 3.8) is 0 Å². The van der Waals surface area contributed by atoms with E-state index in [9.17, 15) is 9.59 Å². The molecule has 1 fully saturated rings. The van der Waals surface area contributed by atoms with Gasteiger partial charge >= 0.3 is 6.09 Å². The molecule has 0 spiro atoms. The summed E-state index contributed by atoms with van der Waals surface area (Å²) in [5.74, 6) is 0.000579. The van der Waals surface area contributed by atoms with Gasteiger partial charge in [0, 0.05) is 39.3 Å². The average Bonchev–Trinajstić information content (AvgIpc) is 2.29. The monoisotopic (exact) mass is 258 g/mol. The number of carbonyl (C=O) groups is 2. The Morgan fingerprint density at radius 1 is 1.22 bits per heavy atom. The highest BCUT2D eigenvalue weighted by Crippen LogP contribution is 2.01. The maximum absolute atomic E-state index is 11.6. The Labute approximate surface area is 107 Å². The van der Waals surface area contributed by atoms with Gasteiger partial charge in [-0.1, -0.05) is 0 Å². The van der Waals surface area contributed by atoms with E-state index in [1.54, 1.807) is 0 Å². The molecule has 1 rings (SSSR count). The summed E-state index contributed by atoms with van der Waals surface area (Å²) < 4.78 is 0. The molecule has 1 aliphatic rings. The second kappa shape index (κ2) is 7.17. The van der Waals surface area contributed by atoms with Gasteiger partial charge in [0.25, 0.3) is 0 Å². The van der Waals surface area contributed by atoms with E-state index < -0.39 is 6.09 Å². The molecule has 1 saturated heterocycles. The fraction of sp³-hybridized carbons (Fsp3) is 0.818. The Bertz CT molecular complexity index is 288. The van der Waals surface area contributed by atoms with E-state index in [0.717, 1.165) is 6.54 Å². The number of rotatable bonds is 5. The van der Waals surface area contributed by atoms with Crippen molar-refractivity contribution in [2.45, 2.75) is 0 Å². The highest BCUT2D eigenvalue weighted by atomic mass is 16.4. The lowest BCUT2D eigenvalue weighted by molar-refractivity contribution is -0.122. The third-order valence-electron chi connectivity index (χ3n) is 2.89. The summed E-state index contributed by atoms with van der Waals surface area (Å²) in [7, 11) is 3.91. The van der Waals surface area contributed by atoms with Gasteiger partial charge in [0.1, 0.15) is 0 Å². The van der Waals surface area contributed by atoms with Gasteiger partial charge in [-0.25, -0.2) is 4.79 Å². The predicted octanol–water partition coefficient (Wildman–Crippen LogP) is -1.04. The van der Waals surface area contributed by atoms with E-state index in [2.05, 4.69) is 5.32 Å². The molecule has 18 heavy (non-hydrogen) atoms. The van der Waals surface area contributed by atoms with Gasteiger partial charge in [-0.05, 0) is 14.1 Å².